The fraction of sp³-hybridized carbons (Fsp3) is 0.316. The fourth-order valence-electron chi connectivity index (χ4n) is 3.04. The lowest BCUT2D eigenvalue weighted by Gasteiger charge is -2.33. The molecule has 7 heteroatoms. The van der Waals surface area contributed by atoms with E-state index in [9.17, 15) is 9.59 Å². The van der Waals surface area contributed by atoms with Crippen molar-refractivity contribution in [1.29, 1.82) is 0 Å². The maximum absolute atomic E-state index is 12.6. The molecule has 1 aromatic carbocycles. The van der Waals surface area contributed by atoms with Crippen LogP contribution >= 0.6 is 11.6 Å². The molecule has 0 saturated carbocycles. The quantitative estimate of drug-likeness (QED) is 0.863. The van der Waals surface area contributed by atoms with Gasteiger partial charge in [-0.3, -0.25) is 9.59 Å². The lowest BCUT2D eigenvalue weighted by Crippen LogP contribution is -2.45. The number of halogens is 1. The molecule has 0 aliphatic carbocycles. The number of nitrogens with two attached hydrogens (primary N) is 1. The summed E-state index contributed by atoms with van der Waals surface area (Å²) in [5, 5.41) is 3.31. The SMILES string of the molecule is NC(C(=O)N1CCC(C(=O)Nc2ccc(Cl)cn2)CC1)c1ccccc1. The van der Waals surface area contributed by atoms with Gasteiger partial charge in [0, 0.05) is 25.2 Å². The van der Waals surface area contributed by atoms with Crippen molar-refractivity contribution in [3.63, 3.8) is 0 Å². The summed E-state index contributed by atoms with van der Waals surface area (Å²) in [4.78, 5) is 30.8. The normalized spacial score (nSPS) is 16.2. The van der Waals surface area contributed by atoms with E-state index in [4.69, 9.17) is 17.3 Å². The summed E-state index contributed by atoms with van der Waals surface area (Å²) < 4.78 is 0. The van der Waals surface area contributed by atoms with Crippen LogP contribution in [0.3, 0.4) is 0 Å². The van der Waals surface area contributed by atoms with Gasteiger partial charge in [-0.2, -0.15) is 0 Å². The van der Waals surface area contributed by atoms with Crippen LogP contribution in [0, 0.1) is 5.92 Å². The van der Waals surface area contributed by atoms with Gasteiger partial charge < -0.3 is 16.0 Å². The number of anilines is 1. The Morgan fingerprint density at radius 3 is 2.46 bits per heavy atom. The Bertz CT molecular complexity index is 759. The highest BCUT2D eigenvalue weighted by molar-refractivity contribution is 6.30. The number of benzene rings is 1. The molecule has 1 aromatic heterocycles. The molecular weight excluding hydrogens is 352 g/mol. The molecule has 2 heterocycles. The van der Waals surface area contributed by atoms with E-state index in [2.05, 4.69) is 10.3 Å². The predicted octanol–water partition coefficient (Wildman–Crippen LogP) is 2.61. The summed E-state index contributed by atoms with van der Waals surface area (Å²) in [6.07, 6.45) is 2.70. The van der Waals surface area contributed by atoms with Crippen LogP contribution in [0.25, 0.3) is 0 Å². The van der Waals surface area contributed by atoms with E-state index in [-0.39, 0.29) is 17.7 Å². The monoisotopic (exact) mass is 372 g/mol. The van der Waals surface area contributed by atoms with Crippen molar-refractivity contribution in [1.82, 2.24) is 9.88 Å². The first kappa shape index (κ1) is 18.4. The number of carbonyl (C=O) groups excluding carboxylic acids is 2. The molecule has 1 aliphatic heterocycles. The summed E-state index contributed by atoms with van der Waals surface area (Å²) in [6.45, 7) is 1.04. The van der Waals surface area contributed by atoms with Gasteiger partial charge in [0.05, 0.1) is 5.02 Å². The lowest BCUT2D eigenvalue weighted by molar-refractivity contribution is -0.135. The van der Waals surface area contributed by atoms with E-state index in [0.29, 0.717) is 36.8 Å². The van der Waals surface area contributed by atoms with E-state index in [1.807, 2.05) is 30.3 Å². The zero-order valence-electron chi connectivity index (χ0n) is 14.3. The third-order valence-electron chi connectivity index (χ3n) is 4.58. The summed E-state index contributed by atoms with van der Waals surface area (Å²) >= 11 is 5.79. The topological polar surface area (TPSA) is 88.3 Å². The second kappa shape index (κ2) is 8.29. The summed E-state index contributed by atoms with van der Waals surface area (Å²) in [5.74, 6) is 0.141. The molecule has 3 N–H and O–H groups in total. The Balaban J connectivity index is 1.52. The molecule has 1 unspecified atom stereocenters. The molecule has 1 aliphatic rings. The van der Waals surface area contributed by atoms with Crippen molar-refractivity contribution >= 4 is 29.2 Å². The number of aromatic nitrogens is 1. The highest BCUT2D eigenvalue weighted by atomic mass is 35.5. The van der Waals surface area contributed by atoms with Gasteiger partial charge in [-0.15, -0.1) is 0 Å². The van der Waals surface area contributed by atoms with Gasteiger partial charge in [-0.05, 0) is 30.5 Å². The van der Waals surface area contributed by atoms with Crippen molar-refractivity contribution in [3.05, 3.63) is 59.2 Å². The van der Waals surface area contributed by atoms with E-state index >= 15 is 0 Å². The van der Waals surface area contributed by atoms with Crippen molar-refractivity contribution in [3.8, 4) is 0 Å². The number of nitrogens with one attached hydrogen (secondary N) is 1. The van der Waals surface area contributed by atoms with Gasteiger partial charge in [-0.1, -0.05) is 41.9 Å². The van der Waals surface area contributed by atoms with Gasteiger partial charge in [0.15, 0.2) is 0 Å². The van der Waals surface area contributed by atoms with Gasteiger partial charge >= 0.3 is 0 Å². The zero-order chi connectivity index (χ0) is 18.5. The van der Waals surface area contributed by atoms with E-state index in [1.54, 1.807) is 17.0 Å². The molecule has 6 nitrogen and oxygen atoms in total. The third kappa shape index (κ3) is 4.39. The maximum Gasteiger partial charge on any atom is 0.244 e. The van der Waals surface area contributed by atoms with E-state index in [1.165, 1.54) is 6.20 Å². The number of likely N-dealkylation sites (tertiary alicyclic amines) is 1. The van der Waals surface area contributed by atoms with Crippen LogP contribution < -0.4 is 11.1 Å². The van der Waals surface area contributed by atoms with Crippen LogP contribution in [-0.2, 0) is 9.59 Å². The van der Waals surface area contributed by atoms with Crippen LogP contribution in [0.4, 0.5) is 5.82 Å². The van der Waals surface area contributed by atoms with Crippen LogP contribution in [0.1, 0.15) is 24.4 Å². The van der Waals surface area contributed by atoms with Gasteiger partial charge in [0.2, 0.25) is 11.8 Å². The molecule has 3 rings (SSSR count). The molecule has 0 spiro atoms. The Morgan fingerprint density at radius 2 is 1.85 bits per heavy atom. The number of hydrogen-bond acceptors (Lipinski definition) is 4. The van der Waals surface area contributed by atoms with Crippen molar-refractivity contribution < 1.29 is 9.59 Å². The number of nitrogens with zero attached hydrogens (tertiary/aromatic N) is 2. The second-order valence-electron chi connectivity index (χ2n) is 6.34. The number of carbonyl (C=O) groups is 2. The van der Waals surface area contributed by atoms with Gasteiger partial charge in [-0.25, -0.2) is 4.98 Å². The van der Waals surface area contributed by atoms with Crippen molar-refractivity contribution in [2.24, 2.45) is 11.7 Å². The predicted molar refractivity (Wildman–Crippen MR) is 101 cm³/mol. The Hall–Kier alpha value is -2.44. The number of pyridine rings is 1. The minimum Gasteiger partial charge on any atom is -0.341 e. The van der Waals surface area contributed by atoms with Crippen molar-refractivity contribution in [2.75, 3.05) is 18.4 Å². The largest absolute Gasteiger partial charge is 0.341 e. The molecule has 0 bridgehead atoms. The maximum atomic E-state index is 12.6. The molecule has 2 aromatic rings. The summed E-state index contributed by atoms with van der Waals surface area (Å²) in [7, 11) is 0. The van der Waals surface area contributed by atoms with Crippen LogP contribution in [0.15, 0.2) is 48.7 Å². The molecule has 1 fully saturated rings. The smallest absolute Gasteiger partial charge is 0.244 e. The third-order valence-corrected chi connectivity index (χ3v) is 4.80. The fourth-order valence-corrected chi connectivity index (χ4v) is 3.15. The highest BCUT2D eigenvalue weighted by Gasteiger charge is 2.30. The average Bonchev–Trinajstić information content (AvgIpc) is 2.69. The first-order valence-electron chi connectivity index (χ1n) is 8.56. The Kier molecular flexibility index (Phi) is 5.85. The number of rotatable bonds is 4. The van der Waals surface area contributed by atoms with E-state index in [0.717, 1.165) is 5.56 Å². The molecule has 0 radical (unpaired) electrons. The van der Waals surface area contributed by atoms with Gasteiger partial charge in [0.1, 0.15) is 11.9 Å². The molecule has 2 amide bonds. The first-order chi connectivity index (χ1) is 12.5. The zero-order valence-corrected chi connectivity index (χ0v) is 15.0. The number of piperidine rings is 1. The summed E-state index contributed by atoms with van der Waals surface area (Å²) in [6, 6.07) is 12.0. The first-order valence-corrected chi connectivity index (χ1v) is 8.94. The highest BCUT2D eigenvalue weighted by Crippen LogP contribution is 2.22. The average molecular weight is 373 g/mol. The minimum atomic E-state index is -0.667. The van der Waals surface area contributed by atoms with Crippen LogP contribution in [0.2, 0.25) is 5.02 Å². The molecule has 26 heavy (non-hydrogen) atoms. The Labute approximate surface area is 157 Å². The van der Waals surface area contributed by atoms with Crippen LogP contribution in [-0.4, -0.2) is 34.8 Å². The molecule has 136 valence electrons. The molecule has 1 saturated heterocycles. The van der Waals surface area contributed by atoms with Gasteiger partial charge in [0.25, 0.3) is 0 Å². The Morgan fingerprint density at radius 1 is 1.15 bits per heavy atom. The number of hydrogen-bond donors (Lipinski definition) is 2. The van der Waals surface area contributed by atoms with Crippen LogP contribution in [0.5, 0.6) is 0 Å². The van der Waals surface area contributed by atoms with Crippen molar-refractivity contribution in [2.45, 2.75) is 18.9 Å². The minimum absolute atomic E-state index is 0.0840. The molecular formula is C19H21ClN4O2. The summed E-state index contributed by atoms with van der Waals surface area (Å²) in [5.41, 5.74) is 6.89. The lowest BCUT2D eigenvalue weighted by atomic mass is 9.95. The second-order valence-corrected chi connectivity index (χ2v) is 6.78. The number of amides is 2. The van der Waals surface area contributed by atoms with E-state index < -0.39 is 6.04 Å². The standard InChI is InChI=1S/C19H21ClN4O2/c20-15-6-7-16(22-12-15)23-18(25)14-8-10-24(11-9-14)19(26)17(21)13-4-2-1-3-5-13/h1-7,12,14,17H,8-11,21H2,(H,22,23,25). The molecule has 1 atom stereocenters.